The van der Waals surface area contributed by atoms with E-state index in [9.17, 15) is 23.6 Å². The van der Waals surface area contributed by atoms with Crippen LogP contribution in [0, 0.1) is 11.7 Å². The molecule has 0 radical (unpaired) electrons. The number of rotatable bonds is 9. The van der Waals surface area contributed by atoms with Crippen molar-refractivity contribution in [1.82, 2.24) is 15.5 Å². The second-order valence-electron chi connectivity index (χ2n) is 7.65. The Bertz CT molecular complexity index is 781. The number of urea groups is 1. The minimum Gasteiger partial charge on any atom is -0.454 e. The van der Waals surface area contributed by atoms with Gasteiger partial charge in [0.1, 0.15) is 17.9 Å². The van der Waals surface area contributed by atoms with Gasteiger partial charge in [0.05, 0.1) is 0 Å². The maximum atomic E-state index is 12.8. The van der Waals surface area contributed by atoms with Crippen molar-refractivity contribution in [3.63, 3.8) is 0 Å². The Kier molecular flexibility index (Phi) is 7.30. The molecule has 1 aromatic carbocycles. The van der Waals surface area contributed by atoms with E-state index in [4.69, 9.17) is 4.74 Å². The van der Waals surface area contributed by atoms with Crippen LogP contribution in [0.2, 0.25) is 0 Å². The summed E-state index contributed by atoms with van der Waals surface area (Å²) in [5, 5.41) is 5.15. The first-order valence-electron chi connectivity index (χ1n) is 9.41. The van der Waals surface area contributed by atoms with E-state index in [0.29, 0.717) is 17.9 Å². The summed E-state index contributed by atoms with van der Waals surface area (Å²) in [5.41, 5.74) is -0.361. The van der Waals surface area contributed by atoms with Crippen molar-refractivity contribution in [2.45, 2.75) is 45.7 Å². The van der Waals surface area contributed by atoms with Gasteiger partial charge in [0.25, 0.3) is 11.8 Å². The zero-order valence-corrected chi connectivity index (χ0v) is 16.8. The van der Waals surface area contributed by atoms with Crippen molar-refractivity contribution in [2.24, 2.45) is 5.92 Å². The van der Waals surface area contributed by atoms with E-state index in [1.165, 1.54) is 24.3 Å². The molecule has 4 amide bonds. The fourth-order valence-corrected chi connectivity index (χ4v) is 2.81. The Morgan fingerprint density at radius 3 is 2.52 bits per heavy atom. The van der Waals surface area contributed by atoms with E-state index in [1.54, 1.807) is 6.92 Å². The smallest absolute Gasteiger partial charge is 0.326 e. The van der Waals surface area contributed by atoms with Gasteiger partial charge >= 0.3 is 12.0 Å². The van der Waals surface area contributed by atoms with Gasteiger partial charge in [0.15, 0.2) is 6.61 Å². The molecule has 2 N–H and O–H groups in total. The normalized spacial score (nSPS) is 18.7. The highest BCUT2D eigenvalue weighted by atomic mass is 19.1. The monoisotopic (exact) mass is 407 g/mol. The van der Waals surface area contributed by atoms with Gasteiger partial charge in [-0.3, -0.25) is 19.3 Å². The zero-order chi connectivity index (χ0) is 21.6. The molecular weight excluding hydrogens is 381 g/mol. The molecule has 1 saturated heterocycles. The lowest BCUT2D eigenvalue weighted by Crippen LogP contribution is -2.44. The molecular formula is C20H26FN3O5. The molecule has 0 aliphatic carbocycles. The van der Waals surface area contributed by atoms with Crippen molar-refractivity contribution in [3.05, 3.63) is 35.6 Å². The summed E-state index contributed by atoms with van der Waals surface area (Å²) in [6.45, 7) is 4.70. The van der Waals surface area contributed by atoms with Gasteiger partial charge in [-0.1, -0.05) is 26.0 Å². The maximum absolute atomic E-state index is 12.8. The van der Waals surface area contributed by atoms with E-state index < -0.39 is 42.5 Å². The molecule has 1 heterocycles. The third-order valence-corrected chi connectivity index (χ3v) is 4.62. The van der Waals surface area contributed by atoms with Crippen LogP contribution in [0.3, 0.4) is 0 Å². The number of imide groups is 1. The Labute approximate surface area is 168 Å². The van der Waals surface area contributed by atoms with Crippen molar-refractivity contribution in [1.29, 1.82) is 0 Å². The molecule has 0 unspecified atom stereocenters. The van der Waals surface area contributed by atoms with Crippen LogP contribution >= 0.6 is 0 Å². The second kappa shape index (κ2) is 9.49. The predicted octanol–water partition coefficient (Wildman–Crippen LogP) is 1.73. The van der Waals surface area contributed by atoms with E-state index in [0.717, 1.165) is 11.3 Å². The molecule has 0 aromatic heterocycles. The fraction of sp³-hybridized carbons (Fsp3) is 0.500. The lowest BCUT2D eigenvalue weighted by molar-refractivity contribution is -0.151. The molecule has 2 rings (SSSR count). The highest BCUT2D eigenvalue weighted by Crippen LogP contribution is 2.24. The number of esters is 1. The highest BCUT2D eigenvalue weighted by Gasteiger charge is 2.48. The number of nitrogens with zero attached hydrogens (tertiary/aromatic N) is 1. The van der Waals surface area contributed by atoms with Crippen LogP contribution in [0.4, 0.5) is 9.18 Å². The minimum absolute atomic E-state index is 0.151. The molecule has 1 aliphatic heterocycles. The molecule has 8 nitrogen and oxygen atoms in total. The van der Waals surface area contributed by atoms with Gasteiger partial charge in [-0.05, 0) is 43.4 Å². The number of halogens is 1. The van der Waals surface area contributed by atoms with E-state index in [1.807, 2.05) is 13.8 Å². The average molecular weight is 407 g/mol. The first kappa shape index (κ1) is 22.3. The maximum Gasteiger partial charge on any atom is 0.326 e. The average Bonchev–Trinajstić information content (AvgIpc) is 2.88. The van der Waals surface area contributed by atoms with Gasteiger partial charge in [-0.15, -0.1) is 0 Å². The molecule has 9 heteroatoms. The van der Waals surface area contributed by atoms with E-state index >= 15 is 0 Å². The topological polar surface area (TPSA) is 105 Å². The number of ether oxygens (including phenoxy) is 1. The van der Waals surface area contributed by atoms with Crippen molar-refractivity contribution in [3.8, 4) is 0 Å². The van der Waals surface area contributed by atoms with Crippen molar-refractivity contribution >= 4 is 23.8 Å². The number of carbonyl (C=O) groups excluding carboxylic acids is 4. The van der Waals surface area contributed by atoms with Crippen LogP contribution in [-0.2, 0) is 25.7 Å². The van der Waals surface area contributed by atoms with Crippen LogP contribution in [0.15, 0.2) is 24.3 Å². The summed E-state index contributed by atoms with van der Waals surface area (Å²) >= 11 is 0. The fourth-order valence-electron chi connectivity index (χ4n) is 2.81. The third kappa shape index (κ3) is 6.27. The number of nitrogens with one attached hydrogen (secondary N) is 2. The molecule has 29 heavy (non-hydrogen) atoms. The first-order valence-corrected chi connectivity index (χ1v) is 9.41. The van der Waals surface area contributed by atoms with Crippen LogP contribution in [-0.4, -0.2) is 47.4 Å². The van der Waals surface area contributed by atoms with E-state index in [2.05, 4.69) is 10.6 Å². The highest BCUT2D eigenvalue weighted by molar-refractivity contribution is 6.08. The Hall–Kier alpha value is -2.97. The van der Waals surface area contributed by atoms with Crippen molar-refractivity contribution < 1.29 is 28.3 Å². The number of hydrogen-bond donors (Lipinski definition) is 2. The Morgan fingerprint density at radius 2 is 1.90 bits per heavy atom. The van der Waals surface area contributed by atoms with Crippen LogP contribution in [0.1, 0.15) is 39.2 Å². The SMILES string of the molecule is CC(C)CC[C@]1(C)NC(=O)N(CC(=O)OCC(=O)NCc2ccc(F)cc2)C1=O. The first-order chi connectivity index (χ1) is 13.6. The molecule has 0 spiro atoms. The predicted molar refractivity (Wildman–Crippen MR) is 102 cm³/mol. The molecule has 1 aromatic rings. The van der Waals surface area contributed by atoms with Gasteiger partial charge < -0.3 is 15.4 Å². The number of hydrogen-bond acceptors (Lipinski definition) is 5. The van der Waals surface area contributed by atoms with Crippen LogP contribution in [0.5, 0.6) is 0 Å². The standard InChI is InChI=1S/C20H26FN3O5/c1-13(2)8-9-20(3)18(27)24(19(28)23-20)11-17(26)29-12-16(25)22-10-14-4-6-15(21)7-5-14/h4-7,13H,8-12H2,1-3H3,(H,22,25)(H,23,28)/t20-/m0/s1. The summed E-state index contributed by atoms with van der Waals surface area (Å²) in [5.74, 6) is -1.92. The Balaban J connectivity index is 1.78. The van der Waals surface area contributed by atoms with Gasteiger partial charge in [-0.2, -0.15) is 0 Å². The largest absolute Gasteiger partial charge is 0.454 e. The summed E-state index contributed by atoms with van der Waals surface area (Å²) in [7, 11) is 0. The number of carbonyl (C=O) groups is 4. The van der Waals surface area contributed by atoms with E-state index in [-0.39, 0.29) is 12.4 Å². The second-order valence-corrected chi connectivity index (χ2v) is 7.65. The summed E-state index contributed by atoms with van der Waals surface area (Å²) in [6, 6.07) is 4.94. The third-order valence-electron chi connectivity index (χ3n) is 4.62. The van der Waals surface area contributed by atoms with Gasteiger partial charge in [0, 0.05) is 6.54 Å². The zero-order valence-electron chi connectivity index (χ0n) is 16.8. The number of benzene rings is 1. The summed E-state index contributed by atoms with van der Waals surface area (Å²) in [6.07, 6.45) is 1.21. The molecule has 0 bridgehead atoms. The molecule has 1 aliphatic rings. The molecule has 158 valence electrons. The van der Waals surface area contributed by atoms with Crippen LogP contribution in [0.25, 0.3) is 0 Å². The summed E-state index contributed by atoms with van der Waals surface area (Å²) in [4.78, 5) is 49.2. The lowest BCUT2D eigenvalue weighted by Gasteiger charge is -2.22. The quantitative estimate of drug-likeness (QED) is 0.479. The summed E-state index contributed by atoms with van der Waals surface area (Å²) < 4.78 is 17.7. The Morgan fingerprint density at radius 1 is 1.24 bits per heavy atom. The molecule has 1 atom stereocenters. The van der Waals surface area contributed by atoms with Crippen molar-refractivity contribution in [2.75, 3.05) is 13.2 Å². The van der Waals surface area contributed by atoms with Crippen LogP contribution < -0.4 is 10.6 Å². The molecule has 0 saturated carbocycles. The van der Waals surface area contributed by atoms with Gasteiger partial charge in [-0.25, -0.2) is 9.18 Å². The molecule has 1 fully saturated rings. The lowest BCUT2D eigenvalue weighted by atomic mass is 9.92. The minimum atomic E-state index is -1.05. The number of amides is 4. The van der Waals surface area contributed by atoms with Gasteiger partial charge in [0.2, 0.25) is 0 Å².